The number of hydrogen-bond donors (Lipinski definition) is 0. The fourth-order valence-corrected chi connectivity index (χ4v) is 4.53. The summed E-state index contributed by atoms with van der Waals surface area (Å²) in [6.45, 7) is 0. The van der Waals surface area contributed by atoms with Gasteiger partial charge in [-0.3, -0.25) is 9.20 Å². The summed E-state index contributed by atoms with van der Waals surface area (Å²) < 4.78 is 7.09. The average molecular weight is 320 g/mol. The minimum atomic E-state index is -0.261. The zero-order chi connectivity index (χ0) is 15.4. The second-order valence-electron chi connectivity index (χ2n) is 6.61. The van der Waals surface area contributed by atoms with Gasteiger partial charge >= 0.3 is 5.97 Å². The summed E-state index contributed by atoms with van der Waals surface area (Å²) in [5.74, 6) is 1.02. The number of ether oxygens (including phenoxy) is 1. The molecule has 0 aliphatic heterocycles. The van der Waals surface area contributed by atoms with Crippen LogP contribution in [0.15, 0.2) is 18.6 Å². The maximum absolute atomic E-state index is 12.1. The highest BCUT2D eigenvalue weighted by molar-refractivity contribution is 6.32. The standard InChI is InChI=1S/C16H18ClN3O2/c1-22-14(21)16-5-2-15(3-6-16,4-7-16)13-19-10-11-12(17)18-8-9-20(11)13/h8-10H,2-7H2,1H3. The van der Waals surface area contributed by atoms with Crippen LogP contribution in [0.1, 0.15) is 44.3 Å². The summed E-state index contributed by atoms with van der Waals surface area (Å²) in [5, 5.41) is 0.480. The van der Waals surface area contributed by atoms with E-state index < -0.39 is 0 Å². The Kier molecular flexibility index (Phi) is 2.98. The summed E-state index contributed by atoms with van der Waals surface area (Å²) in [6.07, 6.45) is 11.0. The lowest BCUT2D eigenvalue weighted by atomic mass is 9.53. The molecular formula is C16H18ClN3O2. The molecule has 0 unspecified atom stereocenters. The predicted molar refractivity (Wildman–Crippen MR) is 81.8 cm³/mol. The van der Waals surface area contributed by atoms with Crippen molar-refractivity contribution in [2.45, 2.75) is 43.9 Å². The van der Waals surface area contributed by atoms with Crippen molar-refractivity contribution in [1.82, 2.24) is 14.4 Å². The third-order valence-corrected chi connectivity index (χ3v) is 6.04. The molecule has 3 aliphatic carbocycles. The number of aromatic nitrogens is 3. The summed E-state index contributed by atoms with van der Waals surface area (Å²) >= 11 is 6.16. The normalized spacial score (nSPS) is 30.6. The largest absolute Gasteiger partial charge is 0.469 e. The van der Waals surface area contributed by atoms with Gasteiger partial charge in [0.25, 0.3) is 0 Å². The zero-order valence-electron chi connectivity index (χ0n) is 12.5. The van der Waals surface area contributed by atoms with Crippen molar-refractivity contribution in [1.29, 1.82) is 0 Å². The topological polar surface area (TPSA) is 56.5 Å². The third kappa shape index (κ3) is 1.75. The molecule has 3 aliphatic rings. The number of rotatable bonds is 2. The summed E-state index contributed by atoms with van der Waals surface area (Å²) in [6, 6.07) is 0. The Morgan fingerprint density at radius 1 is 1.23 bits per heavy atom. The molecular weight excluding hydrogens is 302 g/mol. The van der Waals surface area contributed by atoms with Crippen molar-refractivity contribution >= 4 is 23.1 Å². The van der Waals surface area contributed by atoms with Crippen molar-refractivity contribution in [3.63, 3.8) is 0 Å². The Balaban J connectivity index is 1.73. The first-order chi connectivity index (χ1) is 10.6. The first kappa shape index (κ1) is 14.0. The second kappa shape index (κ2) is 4.69. The lowest BCUT2D eigenvalue weighted by Crippen LogP contribution is -2.49. The summed E-state index contributed by atoms with van der Waals surface area (Å²) in [7, 11) is 1.49. The van der Waals surface area contributed by atoms with Crippen LogP contribution in [0.3, 0.4) is 0 Å². The van der Waals surface area contributed by atoms with E-state index in [0.29, 0.717) is 5.15 Å². The molecule has 0 saturated heterocycles. The van der Waals surface area contributed by atoms with Crippen LogP contribution >= 0.6 is 11.6 Å². The molecule has 6 heteroatoms. The van der Waals surface area contributed by atoms with Crippen molar-refractivity contribution < 1.29 is 9.53 Å². The van der Waals surface area contributed by atoms with Gasteiger partial charge in [0, 0.05) is 17.8 Å². The maximum Gasteiger partial charge on any atom is 0.311 e. The van der Waals surface area contributed by atoms with Crippen molar-refractivity contribution in [2.24, 2.45) is 5.41 Å². The molecule has 3 saturated carbocycles. The lowest BCUT2D eigenvalue weighted by Gasteiger charge is -2.51. The average Bonchev–Trinajstić information content (AvgIpc) is 3.02. The van der Waals surface area contributed by atoms with Gasteiger partial charge < -0.3 is 4.74 Å². The zero-order valence-corrected chi connectivity index (χ0v) is 13.3. The Labute approximate surface area is 133 Å². The molecule has 5 rings (SSSR count). The van der Waals surface area contributed by atoms with Gasteiger partial charge in [0.2, 0.25) is 0 Å². The molecule has 0 N–H and O–H groups in total. The molecule has 2 aromatic rings. The van der Waals surface area contributed by atoms with Gasteiger partial charge in [-0.15, -0.1) is 0 Å². The fraction of sp³-hybridized carbons (Fsp3) is 0.562. The minimum absolute atomic E-state index is 0.0407. The molecule has 5 nitrogen and oxygen atoms in total. The Hall–Kier alpha value is -1.62. The van der Waals surface area contributed by atoms with Gasteiger partial charge in [0.1, 0.15) is 11.3 Å². The molecule has 3 fully saturated rings. The van der Waals surface area contributed by atoms with E-state index >= 15 is 0 Å². The second-order valence-corrected chi connectivity index (χ2v) is 6.97. The van der Waals surface area contributed by atoms with Crippen molar-refractivity contribution in [3.8, 4) is 0 Å². The highest BCUT2D eigenvalue weighted by atomic mass is 35.5. The highest BCUT2D eigenvalue weighted by Crippen LogP contribution is 2.57. The predicted octanol–water partition coefficient (Wildman–Crippen LogP) is 3.15. The third-order valence-electron chi connectivity index (χ3n) is 5.75. The van der Waals surface area contributed by atoms with E-state index in [0.717, 1.165) is 49.9 Å². The van der Waals surface area contributed by atoms with Gasteiger partial charge in [0.05, 0.1) is 18.7 Å². The van der Waals surface area contributed by atoms with Gasteiger partial charge in [-0.25, -0.2) is 9.97 Å². The first-order valence-electron chi connectivity index (χ1n) is 7.67. The van der Waals surface area contributed by atoms with E-state index in [1.807, 2.05) is 6.20 Å². The number of carbonyl (C=O) groups excluding carboxylic acids is 1. The van der Waals surface area contributed by atoms with Crippen LogP contribution in [0.25, 0.3) is 5.52 Å². The molecule has 2 aromatic heterocycles. The van der Waals surface area contributed by atoms with Crippen LogP contribution in [0.4, 0.5) is 0 Å². The fourth-order valence-electron chi connectivity index (χ4n) is 4.33. The number of imidazole rings is 1. The van der Waals surface area contributed by atoms with E-state index in [4.69, 9.17) is 16.3 Å². The van der Waals surface area contributed by atoms with Gasteiger partial charge in [-0.05, 0) is 38.5 Å². The number of esters is 1. The summed E-state index contributed by atoms with van der Waals surface area (Å²) in [5.41, 5.74) is 0.638. The molecule has 116 valence electrons. The van der Waals surface area contributed by atoms with Crippen molar-refractivity contribution in [3.05, 3.63) is 29.6 Å². The molecule has 0 spiro atoms. The lowest BCUT2D eigenvalue weighted by molar-refractivity contribution is -0.160. The number of halogens is 1. The monoisotopic (exact) mass is 319 g/mol. The van der Waals surface area contributed by atoms with E-state index in [2.05, 4.69) is 14.4 Å². The van der Waals surface area contributed by atoms with Crippen LogP contribution in [0.2, 0.25) is 5.15 Å². The highest BCUT2D eigenvalue weighted by Gasteiger charge is 2.55. The molecule has 2 heterocycles. The van der Waals surface area contributed by atoms with E-state index in [-0.39, 0.29) is 16.8 Å². The van der Waals surface area contributed by atoms with Crippen molar-refractivity contribution in [2.75, 3.05) is 7.11 Å². The Bertz CT molecular complexity index is 730. The molecule has 0 atom stereocenters. The van der Waals surface area contributed by atoms with Crippen LogP contribution in [-0.4, -0.2) is 27.4 Å². The first-order valence-corrected chi connectivity index (χ1v) is 8.05. The molecule has 0 radical (unpaired) electrons. The quantitative estimate of drug-likeness (QED) is 0.798. The molecule has 0 amide bonds. The molecule has 22 heavy (non-hydrogen) atoms. The SMILES string of the molecule is COC(=O)C12CCC(c3ncc4c(Cl)nccn34)(CC1)CC2. The van der Waals surface area contributed by atoms with E-state index in [1.54, 1.807) is 12.4 Å². The van der Waals surface area contributed by atoms with E-state index in [9.17, 15) is 4.79 Å². The molecule has 0 aromatic carbocycles. The Morgan fingerprint density at radius 3 is 2.55 bits per heavy atom. The maximum atomic E-state index is 12.1. The van der Waals surface area contributed by atoms with Gasteiger partial charge in [-0.2, -0.15) is 0 Å². The number of carbonyl (C=O) groups is 1. The van der Waals surface area contributed by atoms with E-state index in [1.165, 1.54) is 7.11 Å². The molecule has 2 bridgehead atoms. The van der Waals surface area contributed by atoms with Crippen LogP contribution in [0, 0.1) is 5.41 Å². The van der Waals surface area contributed by atoms with Crippen LogP contribution in [-0.2, 0) is 14.9 Å². The van der Waals surface area contributed by atoms with Crippen LogP contribution in [0.5, 0.6) is 0 Å². The number of methoxy groups -OCH3 is 1. The minimum Gasteiger partial charge on any atom is -0.469 e. The number of hydrogen-bond acceptors (Lipinski definition) is 4. The number of nitrogens with zero attached hydrogens (tertiary/aromatic N) is 3. The van der Waals surface area contributed by atoms with Gasteiger partial charge in [0.15, 0.2) is 5.15 Å². The summed E-state index contributed by atoms with van der Waals surface area (Å²) in [4.78, 5) is 20.9. The van der Waals surface area contributed by atoms with Crippen LogP contribution < -0.4 is 0 Å². The smallest absolute Gasteiger partial charge is 0.311 e. The van der Waals surface area contributed by atoms with Gasteiger partial charge in [-0.1, -0.05) is 11.6 Å². The number of fused-ring (bicyclic) bond motifs is 4. The Morgan fingerprint density at radius 2 is 1.91 bits per heavy atom.